The molecule has 12 heavy (non-hydrogen) atoms. The number of hydrogen-bond acceptors (Lipinski definition) is 1. The van der Waals surface area contributed by atoms with E-state index in [1.807, 2.05) is 0 Å². The molecule has 1 nitrogen and oxygen atoms in total. The lowest BCUT2D eigenvalue weighted by Gasteiger charge is -2.10. The van der Waals surface area contributed by atoms with E-state index in [0.29, 0.717) is 5.92 Å². The van der Waals surface area contributed by atoms with Gasteiger partial charge in [0.1, 0.15) is 0 Å². The van der Waals surface area contributed by atoms with Crippen LogP contribution in [0.3, 0.4) is 0 Å². The normalized spacial score (nSPS) is 56.2. The molecule has 0 heterocycles. The number of nitrogens with two attached hydrogens (primary N) is 1. The molecule has 0 radical (unpaired) electrons. The van der Waals surface area contributed by atoms with Crippen molar-refractivity contribution in [1.82, 2.24) is 0 Å². The first-order valence-corrected chi connectivity index (χ1v) is 5.04. The van der Waals surface area contributed by atoms with Gasteiger partial charge in [0.05, 0.1) is 6.04 Å². The van der Waals surface area contributed by atoms with Crippen LogP contribution in [-0.4, -0.2) is 6.04 Å². The van der Waals surface area contributed by atoms with Crippen LogP contribution in [-0.2, 0) is 0 Å². The molecule has 0 spiro atoms. The zero-order chi connectivity index (χ0) is 8.29. The van der Waals surface area contributed by atoms with Gasteiger partial charge in [0, 0.05) is 0 Å². The van der Waals surface area contributed by atoms with Gasteiger partial charge in [-0.05, 0) is 48.9 Å². The molecule has 2 bridgehead atoms. The maximum atomic E-state index is 5.88. The Kier molecular flexibility index (Phi) is 1.20. The molecule has 64 valence electrons. The second-order valence-electron chi connectivity index (χ2n) is 4.76. The first-order chi connectivity index (χ1) is 5.83. The lowest BCUT2D eigenvalue weighted by atomic mass is 9.98. The van der Waals surface area contributed by atoms with Gasteiger partial charge in [-0.3, -0.25) is 0 Å². The van der Waals surface area contributed by atoms with Gasteiger partial charge in [-0.2, -0.15) is 0 Å². The number of hydrogen-bond donors (Lipinski definition) is 1. The fourth-order valence-corrected chi connectivity index (χ4v) is 3.98. The van der Waals surface area contributed by atoms with E-state index < -0.39 is 0 Å². The lowest BCUT2D eigenvalue weighted by molar-refractivity contribution is 0.444. The summed E-state index contributed by atoms with van der Waals surface area (Å²) < 4.78 is 0. The van der Waals surface area contributed by atoms with Crippen LogP contribution in [0, 0.1) is 41.9 Å². The van der Waals surface area contributed by atoms with Crippen LogP contribution in [0.5, 0.6) is 0 Å². The van der Waals surface area contributed by atoms with Crippen LogP contribution in [0.2, 0.25) is 0 Å². The molecule has 1 heteroatoms. The molecular formula is C11H15N. The maximum Gasteiger partial charge on any atom is 0.0696 e. The molecule has 3 aliphatic rings. The second-order valence-corrected chi connectivity index (χ2v) is 4.76. The minimum atomic E-state index is 0.0587. The van der Waals surface area contributed by atoms with E-state index in [1.54, 1.807) is 0 Å². The summed E-state index contributed by atoms with van der Waals surface area (Å²) in [4.78, 5) is 0. The molecule has 2 N–H and O–H groups in total. The predicted molar refractivity (Wildman–Crippen MR) is 48.1 cm³/mol. The van der Waals surface area contributed by atoms with Gasteiger partial charge in [-0.15, -0.1) is 6.42 Å². The van der Waals surface area contributed by atoms with E-state index >= 15 is 0 Å². The van der Waals surface area contributed by atoms with Gasteiger partial charge in [0.25, 0.3) is 0 Å². The summed E-state index contributed by atoms with van der Waals surface area (Å²) in [5.74, 6) is 7.30. The Hall–Kier alpha value is -0.480. The molecule has 0 aromatic rings. The van der Waals surface area contributed by atoms with E-state index in [2.05, 4.69) is 5.92 Å². The first kappa shape index (κ1) is 6.97. The van der Waals surface area contributed by atoms with Crippen LogP contribution in [0.25, 0.3) is 0 Å². The van der Waals surface area contributed by atoms with Crippen LogP contribution in [0.1, 0.15) is 19.3 Å². The van der Waals surface area contributed by atoms with E-state index in [1.165, 1.54) is 19.3 Å². The third-order valence-electron chi connectivity index (χ3n) is 4.40. The van der Waals surface area contributed by atoms with Crippen LogP contribution in [0.4, 0.5) is 0 Å². The van der Waals surface area contributed by atoms with Crippen molar-refractivity contribution in [2.24, 2.45) is 35.3 Å². The Morgan fingerprint density at radius 1 is 1.25 bits per heavy atom. The minimum absolute atomic E-state index is 0.0587. The summed E-state index contributed by atoms with van der Waals surface area (Å²) in [7, 11) is 0. The largest absolute Gasteiger partial charge is 0.317 e. The summed E-state index contributed by atoms with van der Waals surface area (Å²) in [5.41, 5.74) is 5.88. The van der Waals surface area contributed by atoms with Crippen molar-refractivity contribution < 1.29 is 0 Å². The number of terminal acetylenes is 1. The number of fused-ring (bicyclic) bond motifs is 5. The van der Waals surface area contributed by atoms with Crippen LogP contribution >= 0.6 is 0 Å². The molecule has 5 atom stereocenters. The fraction of sp³-hybridized carbons (Fsp3) is 0.818. The smallest absolute Gasteiger partial charge is 0.0696 e. The first-order valence-electron chi connectivity index (χ1n) is 5.04. The number of rotatable bonds is 1. The Morgan fingerprint density at radius 2 is 1.83 bits per heavy atom. The molecule has 3 rings (SSSR count). The van der Waals surface area contributed by atoms with Crippen LogP contribution in [0.15, 0.2) is 0 Å². The summed E-state index contributed by atoms with van der Waals surface area (Å²) in [6, 6.07) is 0.0587. The zero-order valence-corrected chi connectivity index (χ0v) is 7.24. The van der Waals surface area contributed by atoms with Crippen molar-refractivity contribution >= 4 is 0 Å². The highest BCUT2D eigenvalue weighted by Gasteiger charge is 2.66. The molecule has 0 aromatic heterocycles. The van der Waals surface area contributed by atoms with Crippen molar-refractivity contribution in [1.29, 1.82) is 0 Å². The topological polar surface area (TPSA) is 26.0 Å². The quantitative estimate of drug-likeness (QED) is 0.575. The summed E-state index contributed by atoms with van der Waals surface area (Å²) >= 11 is 0. The minimum Gasteiger partial charge on any atom is -0.317 e. The Balaban J connectivity index is 1.79. The standard InChI is InChI=1S/C11H15N/c1-2-8(12)11-9-6-3-4-7(5-6)10(9)11/h1,6-11H,3-5,12H2. The third-order valence-corrected chi connectivity index (χ3v) is 4.40. The lowest BCUT2D eigenvalue weighted by Crippen LogP contribution is -2.23. The predicted octanol–water partition coefficient (Wildman–Crippen LogP) is 1.24. The molecule has 3 fully saturated rings. The summed E-state index contributed by atoms with van der Waals surface area (Å²) in [5, 5.41) is 0. The average Bonchev–Trinajstić information content (AvgIpc) is 2.53. The SMILES string of the molecule is C#CC(N)C1C2C3CCC(C3)C12. The van der Waals surface area contributed by atoms with E-state index in [-0.39, 0.29) is 6.04 Å². The van der Waals surface area contributed by atoms with Gasteiger partial charge in [-0.25, -0.2) is 0 Å². The highest BCUT2D eigenvalue weighted by molar-refractivity contribution is 5.20. The Labute approximate surface area is 73.7 Å². The monoisotopic (exact) mass is 161 g/mol. The maximum absolute atomic E-state index is 5.88. The molecule has 3 saturated carbocycles. The molecular weight excluding hydrogens is 146 g/mol. The summed E-state index contributed by atoms with van der Waals surface area (Å²) in [6.45, 7) is 0. The van der Waals surface area contributed by atoms with Gasteiger partial charge in [0.2, 0.25) is 0 Å². The third kappa shape index (κ3) is 0.653. The zero-order valence-electron chi connectivity index (χ0n) is 7.24. The van der Waals surface area contributed by atoms with Crippen molar-refractivity contribution in [2.45, 2.75) is 25.3 Å². The molecule has 3 aliphatic carbocycles. The van der Waals surface area contributed by atoms with Gasteiger partial charge < -0.3 is 5.73 Å². The molecule has 0 saturated heterocycles. The van der Waals surface area contributed by atoms with Crippen molar-refractivity contribution in [3.63, 3.8) is 0 Å². The Morgan fingerprint density at radius 3 is 2.33 bits per heavy atom. The second kappa shape index (κ2) is 2.06. The molecule has 0 aromatic carbocycles. The fourth-order valence-electron chi connectivity index (χ4n) is 3.98. The average molecular weight is 161 g/mol. The van der Waals surface area contributed by atoms with Crippen molar-refractivity contribution in [3.8, 4) is 12.3 Å². The van der Waals surface area contributed by atoms with Gasteiger partial charge >= 0.3 is 0 Å². The summed E-state index contributed by atoms with van der Waals surface area (Å²) in [6.07, 6.45) is 9.76. The van der Waals surface area contributed by atoms with Gasteiger partial charge in [-0.1, -0.05) is 5.92 Å². The molecule has 0 aliphatic heterocycles. The van der Waals surface area contributed by atoms with Crippen LogP contribution < -0.4 is 5.73 Å². The van der Waals surface area contributed by atoms with E-state index in [4.69, 9.17) is 12.2 Å². The highest BCUT2D eigenvalue weighted by atomic mass is 14.8. The van der Waals surface area contributed by atoms with E-state index in [0.717, 1.165) is 23.7 Å². The Bertz CT molecular complexity index is 236. The van der Waals surface area contributed by atoms with E-state index in [9.17, 15) is 0 Å². The highest BCUT2D eigenvalue weighted by Crippen LogP contribution is 2.69. The van der Waals surface area contributed by atoms with Crippen molar-refractivity contribution in [2.75, 3.05) is 0 Å². The van der Waals surface area contributed by atoms with Gasteiger partial charge in [0.15, 0.2) is 0 Å². The molecule has 5 unspecified atom stereocenters. The van der Waals surface area contributed by atoms with Crippen molar-refractivity contribution in [3.05, 3.63) is 0 Å². The molecule has 0 amide bonds.